The van der Waals surface area contributed by atoms with Crippen LogP contribution in [-0.4, -0.2) is 12.2 Å². The Hall–Kier alpha value is -1.33. The third kappa shape index (κ3) is 5.04. The summed E-state index contributed by atoms with van der Waals surface area (Å²) in [6.07, 6.45) is -4.98. The molecule has 0 fully saturated rings. The number of hydrogen-bond acceptors (Lipinski definition) is 1. The van der Waals surface area contributed by atoms with Crippen LogP contribution in [0.4, 0.5) is 27.6 Å². The predicted molar refractivity (Wildman–Crippen MR) is 64.1 cm³/mol. The van der Waals surface area contributed by atoms with E-state index in [-0.39, 0.29) is 24.1 Å². The number of halogens is 5. The lowest BCUT2D eigenvalue weighted by molar-refractivity contribution is -0.135. The first-order chi connectivity index (χ1) is 8.70. The summed E-state index contributed by atoms with van der Waals surface area (Å²) in [4.78, 5) is 0. The first-order valence-corrected chi connectivity index (χ1v) is 5.98. The molecule has 1 unspecified atom stereocenters. The van der Waals surface area contributed by atoms with Crippen LogP contribution in [-0.2, 0) is 0 Å². The Balaban J connectivity index is 2.58. The van der Waals surface area contributed by atoms with Gasteiger partial charge in [-0.25, -0.2) is 8.78 Å². The second-order valence-corrected chi connectivity index (χ2v) is 4.61. The Labute approximate surface area is 108 Å². The maximum Gasteiger partial charge on any atom is 0.389 e. The first kappa shape index (κ1) is 15.7. The van der Waals surface area contributed by atoms with Crippen molar-refractivity contribution < 1.29 is 22.0 Å². The van der Waals surface area contributed by atoms with Gasteiger partial charge in [0.15, 0.2) is 5.82 Å². The van der Waals surface area contributed by atoms with Crippen molar-refractivity contribution in [1.82, 2.24) is 0 Å². The van der Waals surface area contributed by atoms with Crippen molar-refractivity contribution in [3.63, 3.8) is 0 Å². The third-order valence-corrected chi connectivity index (χ3v) is 2.77. The molecule has 1 nitrogen and oxygen atoms in total. The average molecular weight is 281 g/mol. The van der Waals surface area contributed by atoms with Gasteiger partial charge in [-0.1, -0.05) is 6.07 Å². The lowest BCUT2D eigenvalue weighted by Gasteiger charge is -2.17. The van der Waals surface area contributed by atoms with E-state index in [4.69, 9.17) is 0 Å². The summed E-state index contributed by atoms with van der Waals surface area (Å²) in [5.74, 6) is -1.45. The number of alkyl halides is 3. The van der Waals surface area contributed by atoms with E-state index in [1.165, 1.54) is 13.0 Å². The van der Waals surface area contributed by atoms with Crippen LogP contribution in [0.3, 0.4) is 0 Å². The highest BCUT2D eigenvalue weighted by Gasteiger charge is 2.26. The highest BCUT2D eigenvalue weighted by atomic mass is 19.4. The molecule has 1 rings (SSSR count). The zero-order valence-corrected chi connectivity index (χ0v) is 10.7. The van der Waals surface area contributed by atoms with Gasteiger partial charge in [-0.3, -0.25) is 0 Å². The van der Waals surface area contributed by atoms with Crippen LogP contribution >= 0.6 is 0 Å². The monoisotopic (exact) mass is 281 g/mol. The molecule has 0 amide bonds. The Bertz CT molecular complexity index is 428. The van der Waals surface area contributed by atoms with Gasteiger partial charge in [0.05, 0.1) is 0 Å². The van der Waals surface area contributed by atoms with Crippen LogP contribution in [0.5, 0.6) is 0 Å². The summed E-state index contributed by atoms with van der Waals surface area (Å²) < 4.78 is 63.0. The van der Waals surface area contributed by atoms with Crippen LogP contribution in [0.15, 0.2) is 12.1 Å². The fraction of sp³-hybridized carbons (Fsp3) is 0.538. The molecule has 0 saturated heterocycles. The number of aryl methyl sites for hydroxylation is 1. The van der Waals surface area contributed by atoms with Crippen LogP contribution < -0.4 is 5.32 Å². The van der Waals surface area contributed by atoms with Crippen molar-refractivity contribution in [1.29, 1.82) is 0 Å². The standard InChI is InChI=1S/C13H16F5N/c1-8-5-6-10(14)12(11(8)15)19-9(2)4-3-7-13(16,17)18/h5-6,9,19H,3-4,7H2,1-2H3. The number of nitrogens with one attached hydrogen (secondary N) is 1. The Morgan fingerprint density at radius 2 is 1.84 bits per heavy atom. The summed E-state index contributed by atoms with van der Waals surface area (Å²) in [5, 5.41) is 2.59. The van der Waals surface area contributed by atoms with E-state index in [2.05, 4.69) is 5.32 Å². The maximum absolute atomic E-state index is 13.7. The molecule has 0 aliphatic carbocycles. The highest BCUT2D eigenvalue weighted by Crippen LogP contribution is 2.25. The minimum Gasteiger partial charge on any atom is -0.378 e. The van der Waals surface area contributed by atoms with E-state index in [1.54, 1.807) is 6.92 Å². The van der Waals surface area contributed by atoms with E-state index < -0.39 is 30.3 Å². The second kappa shape index (κ2) is 6.21. The molecule has 108 valence electrons. The molecule has 0 aliphatic rings. The van der Waals surface area contributed by atoms with Crippen molar-refractivity contribution in [3.05, 3.63) is 29.3 Å². The Morgan fingerprint density at radius 1 is 1.21 bits per heavy atom. The minimum atomic E-state index is -4.19. The summed E-state index contributed by atoms with van der Waals surface area (Å²) in [6.45, 7) is 3.09. The molecule has 0 saturated carbocycles. The van der Waals surface area contributed by atoms with Gasteiger partial charge in [0.2, 0.25) is 0 Å². The topological polar surface area (TPSA) is 12.0 Å². The molecule has 1 N–H and O–H groups in total. The molecule has 6 heteroatoms. The van der Waals surface area contributed by atoms with Crippen LogP contribution in [0, 0.1) is 18.6 Å². The van der Waals surface area contributed by atoms with Gasteiger partial charge < -0.3 is 5.32 Å². The smallest absolute Gasteiger partial charge is 0.378 e. The normalized spacial score (nSPS) is 13.4. The fourth-order valence-corrected chi connectivity index (χ4v) is 1.72. The molecule has 1 aromatic carbocycles. The van der Waals surface area contributed by atoms with Gasteiger partial charge in [-0.2, -0.15) is 13.2 Å². The molecule has 0 aliphatic heterocycles. The molecule has 0 bridgehead atoms. The molecule has 1 atom stereocenters. The van der Waals surface area contributed by atoms with Gasteiger partial charge in [-0.15, -0.1) is 0 Å². The predicted octanol–water partition coefficient (Wildman–Crippen LogP) is 4.81. The molecular weight excluding hydrogens is 265 g/mol. The van der Waals surface area contributed by atoms with Crippen molar-refractivity contribution in [2.24, 2.45) is 0 Å². The van der Waals surface area contributed by atoms with Gasteiger partial charge in [0.25, 0.3) is 0 Å². The SMILES string of the molecule is Cc1ccc(F)c(NC(C)CCCC(F)(F)F)c1F. The quantitative estimate of drug-likeness (QED) is 0.764. The minimum absolute atomic E-state index is 0.0767. The van der Waals surface area contributed by atoms with Gasteiger partial charge in [-0.05, 0) is 38.3 Å². The Kier molecular flexibility index (Phi) is 5.14. The molecule has 0 heterocycles. The summed E-state index contributed by atoms with van der Waals surface area (Å²) in [7, 11) is 0. The van der Waals surface area contributed by atoms with Gasteiger partial charge in [0, 0.05) is 12.5 Å². The molecule has 0 aromatic heterocycles. The van der Waals surface area contributed by atoms with Crippen molar-refractivity contribution in [3.8, 4) is 0 Å². The lowest BCUT2D eigenvalue weighted by Crippen LogP contribution is -2.18. The number of hydrogen-bond donors (Lipinski definition) is 1. The van der Waals surface area contributed by atoms with E-state index in [9.17, 15) is 22.0 Å². The number of anilines is 1. The highest BCUT2D eigenvalue weighted by molar-refractivity contribution is 5.49. The van der Waals surface area contributed by atoms with Gasteiger partial charge in [0.1, 0.15) is 11.5 Å². The molecular formula is C13H16F5N. The van der Waals surface area contributed by atoms with Crippen molar-refractivity contribution in [2.45, 2.75) is 45.3 Å². The Morgan fingerprint density at radius 3 is 2.42 bits per heavy atom. The summed E-state index contributed by atoms with van der Waals surface area (Å²) >= 11 is 0. The zero-order chi connectivity index (χ0) is 14.6. The van der Waals surface area contributed by atoms with E-state index in [0.717, 1.165) is 6.07 Å². The van der Waals surface area contributed by atoms with E-state index >= 15 is 0 Å². The fourth-order valence-electron chi connectivity index (χ4n) is 1.72. The van der Waals surface area contributed by atoms with Gasteiger partial charge >= 0.3 is 6.18 Å². The van der Waals surface area contributed by atoms with Crippen LogP contribution in [0.2, 0.25) is 0 Å². The number of benzene rings is 1. The largest absolute Gasteiger partial charge is 0.389 e. The van der Waals surface area contributed by atoms with E-state index in [1.807, 2.05) is 0 Å². The zero-order valence-electron chi connectivity index (χ0n) is 10.7. The molecule has 0 spiro atoms. The molecule has 1 aromatic rings. The first-order valence-electron chi connectivity index (χ1n) is 5.98. The lowest BCUT2D eigenvalue weighted by atomic mass is 10.1. The maximum atomic E-state index is 13.7. The number of rotatable bonds is 5. The average Bonchev–Trinajstić information content (AvgIpc) is 2.28. The van der Waals surface area contributed by atoms with Crippen molar-refractivity contribution in [2.75, 3.05) is 5.32 Å². The van der Waals surface area contributed by atoms with Crippen LogP contribution in [0.1, 0.15) is 31.7 Å². The second-order valence-electron chi connectivity index (χ2n) is 4.61. The molecule has 19 heavy (non-hydrogen) atoms. The summed E-state index contributed by atoms with van der Waals surface area (Å²) in [5.41, 5.74) is 0.00546. The summed E-state index contributed by atoms with van der Waals surface area (Å²) in [6, 6.07) is 2.00. The molecule has 0 radical (unpaired) electrons. The van der Waals surface area contributed by atoms with E-state index in [0.29, 0.717) is 0 Å². The third-order valence-electron chi connectivity index (χ3n) is 2.77. The van der Waals surface area contributed by atoms with Crippen LogP contribution in [0.25, 0.3) is 0 Å². The van der Waals surface area contributed by atoms with Crippen molar-refractivity contribution >= 4 is 5.69 Å².